The number of halogens is 2. The summed E-state index contributed by atoms with van der Waals surface area (Å²) in [5.74, 6) is -1.42. The molecule has 0 bridgehead atoms. The molecular weight excluding hydrogens is 431 g/mol. The van der Waals surface area contributed by atoms with Crippen LogP contribution in [-0.4, -0.2) is 27.7 Å². The van der Waals surface area contributed by atoms with Gasteiger partial charge in [-0.1, -0.05) is 60.5 Å². The van der Waals surface area contributed by atoms with E-state index < -0.39 is 23.5 Å². The number of hydrogen-bond donors (Lipinski definition) is 0. The van der Waals surface area contributed by atoms with E-state index in [1.54, 1.807) is 0 Å². The van der Waals surface area contributed by atoms with Gasteiger partial charge in [0.15, 0.2) is 5.82 Å². The van der Waals surface area contributed by atoms with Crippen LogP contribution in [0.2, 0.25) is 5.02 Å². The summed E-state index contributed by atoms with van der Waals surface area (Å²) in [7, 11) is 0. The van der Waals surface area contributed by atoms with Crippen LogP contribution in [0, 0.1) is 5.82 Å². The molecule has 164 valence electrons. The minimum atomic E-state index is -1.10. The van der Waals surface area contributed by atoms with Crippen LogP contribution < -0.4 is 0 Å². The van der Waals surface area contributed by atoms with Crippen LogP contribution in [0.25, 0.3) is 10.8 Å². The average molecular weight is 453 g/mol. The Morgan fingerprint density at radius 3 is 2.53 bits per heavy atom. The van der Waals surface area contributed by atoms with Gasteiger partial charge in [0.1, 0.15) is 0 Å². The fraction of sp³-hybridized carbons (Fsp3) is 0.280. The van der Waals surface area contributed by atoms with E-state index in [0.717, 1.165) is 35.6 Å². The number of amides is 2. The van der Waals surface area contributed by atoms with E-state index in [-0.39, 0.29) is 17.1 Å². The van der Waals surface area contributed by atoms with Crippen LogP contribution in [0.3, 0.4) is 0 Å². The molecular formula is C25H22ClFN2O3. The highest BCUT2D eigenvalue weighted by atomic mass is 35.5. The summed E-state index contributed by atoms with van der Waals surface area (Å²) in [6.07, 6.45) is 3.06. The van der Waals surface area contributed by atoms with E-state index in [2.05, 4.69) is 0 Å². The molecule has 1 heterocycles. The van der Waals surface area contributed by atoms with Crippen LogP contribution in [0.5, 0.6) is 0 Å². The van der Waals surface area contributed by atoms with Crippen molar-refractivity contribution in [1.29, 1.82) is 0 Å². The molecule has 0 unspecified atom stereocenters. The Morgan fingerprint density at radius 2 is 1.75 bits per heavy atom. The number of carbonyl (C=O) groups is 2. The van der Waals surface area contributed by atoms with Gasteiger partial charge in [-0.05, 0) is 47.4 Å². The third-order valence-electron chi connectivity index (χ3n) is 6.27. The number of fused-ring (bicyclic) bond motifs is 1. The fourth-order valence-corrected chi connectivity index (χ4v) is 4.88. The predicted molar refractivity (Wildman–Crippen MR) is 119 cm³/mol. The molecule has 0 atom stereocenters. The van der Waals surface area contributed by atoms with Crippen molar-refractivity contribution in [1.82, 2.24) is 10.0 Å². The van der Waals surface area contributed by atoms with E-state index in [1.165, 1.54) is 28.2 Å². The number of hydrogen-bond acceptors (Lipinski definition) is 3. The van der Waals surface area contributed by atoms with Crippen molar-refractivity contribution in [2.75, 3.05) is 0 Å². The smallest absolute Gasteiger partial charge is 0.419 e. The zero-order valence-corrected chi connectivity index (χ0v) is 18.1. The van der Waals surface area contributed by atoms with E-state index in [4.69, 9.17) is 16.3 Å². The average Bonchev–Trinajstić information content (AvgIpc) is 3.05. The molecule has 1 saturated heterocycles. The molecule has 32 heavy (non-hydrogen) atoms. The van der Waals surface area contributed by atoms with E-state index >= 15 is 0 Å². The molecule has 2 aliphatic rings. The summed E-state index contributed by atoms with van der Waals surface area (Å²) in [6.45, 7) is 0.138. The number of nitrogens with zero attached hydrogens (tertiary/aromatic N) is 2. The summed E-state index contributed by atoms with van der Waals surface area (Å²) in [5, 5.41) is 4.61. The standard InChI is InChI=1S/C25H22ClFN2O3/c26-21-10-6-9-20(22(21)27)23(30)29-25(13-4-1-5-14-25)32-24(31)28(29)16-17-11-12-18-7-2-3-8-19(18)15-17/h2-3,6-12,15H,1,4-5,13-14,16H2. The van der Waals surface area contributed by atoms with Gasteiger partial charge < -0.3 is 4.74 Å². The van der Waals surface area contributed by atoms with Gasteiger partial charge in [-0.25, -0.2) is 19.2 Å². The molecule has 2 amide bonds. The van der Waals surface area contributed by atoms with Crippen molar-refractivity contribution in [3.8, 4) is 0 Å². The maximum atomic E-state index is 14.8. The van der Waals surface area contributed by atoms with E-state index in [0.29, 0.717) is 12.8 Å². The highest BCUT2D eigenvalue weighted by Crippen LogP contribution is 2.42. The summed E-state index contributed by atoms with van der Waals surface area (Å²) >= 11 is 5.93. The van der Waals surface area contributed by atoms with Crippen molar-refractivity contribution >= 4 is 34.4 Å². The van der Waals surface area contributed by atoms with Crippen LogP contribution in [0.15, 0.2) is 60.7 Å². The molecule has 3 aromatic carbocycles. The molecule has 2 fully saturated rings. The highest BCUT2D eigenvalue weighted by molar-refractivity contribution is 6.31. The lowest BCUT2D eigenvalue weighted by atomic mass is 9.90. The molecule has 0 radical (unpaired) electrons. The van der Waals surface area contributed by atoms with Gasteiger partial charge in [0.05, 0.1) is 17.1 Å². The van der Waals surface area contributed by atoms with Crippen molar-refractivity contribution in [2.45, 2.75) is 44.4 Å². The van der Waals surface area contributed by atoms with Crippen molar-refractivity contribution in [2.24, 2.45) is 0 Å². The van der Waals surface area contributed by atoms with Crippen LogP contribution in [0.4, 0.5) is 9.18 Å². The highest BCUT2D eigenvalue weighted by Gasteiger charge is 2.55. The summed E-state index contributed by atoms with van der Waals surface area (Å²) < 4.78 is 20.6. The van der Waals surface area contributed by atoms with Crippen LogP contribution >= 0.6 is 11.6 Å². The first-order valence-corrected chi connectivity index (χ1v) is 11.1. The molecule has 0 aromatic heterocycles. The number of ether oxygens (including phenoxy) is 1. The van der Waals surface area contributed by atoms with E-state index in [9.17, 15) is 14.0 Å². The van der Waals surface area contributed by atoms with Gasteiger partial charge in [-0.15, -0.1) is 0 Å². The molecule has 5 nitrogen and oxygen atoms in total. The molecule has 1 aliphatic heterocycles. The Kier molecular flexibility index (Phi) is 5.25. The monoisotopic (exact) mass is 452 g/mol. The van der Waals surface area contributed by atoms with Gasteiger partial charge >= 0.3 is 6.09 Å². The van der Waals surface area contributed by atoms with Gasteiger partial charge in [0.25, 0.3) is 5.91 Å². The largest absolute Gasteiger partial charge is 0.431 e. The van der Waals surface area contributed by atoms with Crippen molar-refractivity contribution < 1.29 is 18.7 Å². The number of hydrazine groups is 1. The summed E-state index contributed by atoms with van der Waals surface area (Å²) in [4.78, 5) is 26.6. The minimum Gasteiger partial charge on any atom is -0.419 e. The topological polar surface area (TPSA) is 49.9 Å². The van der Waals surface area contributed by atoms with Gasteiger partial charge in [0.2, 0.25) is 5.72 Å². The second kappa shape index (κ2) is 8.10. The Morgan fingerprint density at radius 1 is 1.00 bits per heavy atom. The lowest BCUT2D eigenvalue weighted by Gasteiger charge is -2.40. The second-order valence-corrected chi connectivity index (χ2v) is 8.74. The van der Waals surface area contributed by atoms with Gasteiger partial charge in [-0.2, -0.15) is 0 Å². The predicted octanol–water partition coefficient (Wildman–Crippen LogP) is 6.30. The minimum absolute atomic E-state index is 0.138. The third-order valence-corrected chi connectivity index (χ3v) is 6.56. The van der Waals surface area contributed by atoms with Crippen LogP contribution in [0.1, 0.15) is 48.0 Å². The number of rotatable bonds is 3. The molecule has 3 aromatic rings. The van der Waals surface area contributed by atoms with E-state index in [1.807, 2.05) is 42.5 Å². The molecule has 1 aliphatic carbocycles. The Labute approximate surface area is 190 Å². The second-order valence-electron chi connectivity index (χ2n) is 8.33. The Bertz CT molecular complexity index is 1210. The lowest BCUT2D eigenvalue weighted by molar-refractivity contribution is -0.106. The zero-order valence-electron chi connectivity index (χ0n) is 17.4. The Hall–Kier alpha value is -3.12. The summed E-state index contributed by atoms with van der Waals surface area (Å²) in [6, 6.07) is 18.1. The van der Waals surface area contributed by atoms with Gasteiger partial charge in [0, 0.05) is 12.8 Å². The van der Waals surface area contributed by atoms with Crippen molar-refractivity contribution in [3.63, 3.8) is 0 Å². The first-order chi connectivity index (χ1) is 15.5. The third kappa shape index (κ3) is 3.48. The molecule has 1 spiro atoms. The number of carbonyl (C=O) groups excluding carboxylic acids is 2. The molecule has 0 N–H and O–H groups in total. The zero-order chi connectivity index (χ0) is 22.3. The normalized spacial score (nSPS) is 17.8. The number of benzene rings is 3. The quantitative estimate of drug-likeness (QED) is 0.468. The van der Waals surface area contributed by atoms with Crippen molar-refractivity contribution in [3.05, 3.63) is 82.6 Å². The lowest BCUT2D eigenvalue weighted by Crippen LogP contribution is -2.54. The summed E-state index contributed by atoms with van der Waals surface area (Å²) in [5.41, 5.74) is -0.431. The first kappa shape index (κ1) is 20.8. The maximum absolute atomic E-state index is 14.8. The SMILES string of the molecule is O=C1OC2(CCCCC2)N(C(=O)c2cccc(Cl)c2F)N1Cc1ccc2ccccc2c1. The molecule has 1 saturated carbocycles. The maximum Gasteiger partial charge on any atom is 0.431 e. The Balaban J connectivity index is 1.55. The fourth-order valence-electron chi connectivity index (χ4n) is 4.70. The molecule has 5 rings (SSSR count). The first-order valence-electron chi connectivity index (χ1n) is 10.8. The molecule has 7 heteroatoms. The van der Waals surface area contributed by atoms with Crippen LogP contribution in [-0.2, 0) is 11.3 Å². The van der Waals surface area contributed by atoms with Gasteiger partial charge in [-0.3, -0.25) is 4.79 Å².